The molecule has 4 heteroatoms. The first-order valence-corrected chi connectivity index (χ1v) is 9.08. The second-order valence-corrected chi connectivity index (χ2v) is 7.33. The molecule has 3 nitrogen and oxygen atoms in total. The van der Waals surface area contributed by atoms with E-state index in [9.17, 15) is 0 Å². The van der Waals surface area contributed by atoms with Gasteiger partial charge in [-0.2, -0.15) is 0 Å². The van der Waals surface area contributed by atoms with Gasteiger partial charge in [-0.25, -0.2) is 4.98 Å². The van der Waals surface area contributed by atoms with Gasteiger partial charge in [0, 0.05) is 30.4 Å². The Bertz CT molecular complexity index is 439. The van der Waals surface area contributed by atoms with Crippen molar-refractivity contribution in [1.29, 1.82) is 0 Å². The van der Waals surface area contributed by atoms with E-state index in [0.717, 1.165) is 24.9 Å². The molecule has 0 aromatic carbocycles. The summed E-state index contributed by atoms with van der Waals surface area (Å²) >= 11 is 1.94. The Morgan fingerprint density at radius 1 is 1.30 bits per heavy atom. The van der Waals surface area contributed by atoms with E-state index in [1.807, 2.05) is 11.3 Å². The average molecular weight is 293 g/mol. The molecule has 0 spiro atoms. The zero-order valence-electron chi connectivity index (χ0n) is 12.8. The molecule has 1 aromatic heterocycles. The Morgan fingerprint density at radius 3 is 2.80 bits per heavy atom. The third kappa shape index (κ3) is 3.17. The molecule has 2 aliphatic rings. The summed E-state index contributed by atoms with van der Waals surface area (Å²) in [5.74, 6) is 1.65. The minimum absolute atomic E-state index is 0.767. The van der Waals surface area contributed by atoms with Crippen molar-refractivity contribution in [3.8, 4) is 0 Å². The summed E-state index contributed by atoms with van der Waals surface area (Å²) in [6.45, 7) is 9.09. The van der Waals surface area contributed by atoms with Gasteiger partial charge in [-0.1, -0.05) is 20.3 Å². The molecular weight excluding hydrogens is 266 g/mol. The van der Waals surface area contributed by atoms with Crippen LogP contribution < -0.4 is 10.2 Å². The van der Waals surface area contributed by atoms with Crippen LogP contribution in [0.1, 0.15) is 62.4 Å². The van der Waals surface area contributed by atoms with Gasteiger partial charge in [0.15, 0.2) is 5.13 Å². The zero-order chi connectivity index (χ0) is 13.9. The van der Waals surface area contributed by atoms with Crippen molar-refractivity contribution in [2.24, 2.45) is 5.92 Å². The molecule has 1 aliphatic heterocycles. The maximum Gasteiger partial charge on any atom is 0.185 e. The van der Waals surface area contributed by atoms with Gasteiger partial charge in [-0.05, 0) is 38.1 Å². The van der Waals surface area contributed by atoms with Crippen molar-refractivity contribution in [3.05, 3.63) is 10.6 Å². The first-order chi connectivity index (χ1) is 9.81. The van der Waals surface area contributed by atoms with Crippen LogP contribution >= 0.6 is 11.3 Å². The highest BCUT2D eigenvalue weighted by atomic mass is 32.1. The number of nitrogens with zero attached hydrogens (tertiary/aromatic N) is 2. The first kappa shape index (κ1) is 14.3. The number of thiazole rings is 1. The molecular formula is C16H27N3S. The fraction of sp³-hybridized carbons (Fsp3) is 0.812. The monoisotopic (exact) mass is 293 g/mol. The molecule has 2 fully saturated rings. The minimum atomic E-state index is 0.767. The number of nitrogens with one attached hydrogen (secondary N) is 1. The van der Waals surface area contributed by atoms with Crippen LogP contribution in [-0.4, -0.2) is 24.6 Å². The lowest BCUT2D eigenvalue weighted by molar-refractivity contribution is 0.569. The lowest BCUT2D eigenvalue weighted by Gasteiger charge is -2.14. The summed E-state index contributed by atoms with van der Waals surface area (Å²) < 4.78 is 0. The highest BCUT2D eigenvalue weighted by Crippen LogP contribution is 2.44. The zero-order valence-corrected chi connectivity index (χ0v) is 13.6. The highest BCUT2D eigenvalue weighted by Gasteiger charge is 2.31. The molecule has 1 unspecified atom stereocenters. The lowest BCUT2D eigenvalue weighted by Crippen LogP contribution is -2.19. The van der Waals surface area contributed by atoms with Crippen LogP contribution in [0.2, 0.25) is 0 Å². The molecule has 20 heavy (non-hydrogen) atoms. The van der Waals surface area contributed by atoms with Crippen molar-refractivity contribution >= 4 is 16.5 Å². The Labute approximate surface area is 126 Å². The first-order valence-electron chi connectivity index (χ1n) is 8.27. The quantitative estimate of drug-likeness (QED) is 0.776. The van der Waals surface area contributed by atoms with Crippen molar-refractivity contribution in [3.63, 3.8) is 0 Å². The van der Waals surface area contributed by atoms with E-state index in [4.69, 9.17) is 4.98 Å². The maximum absolute atomic E-state index is 5.01. The van der Waals surface area contributed by atoms with Gasteiger partial charge in [0.05, 0.1) is 5.69 Å². The molecule has 0 radical (unpaired) electrons. The summed E-state index contributed by atoms with van der Waals surface area (Å²) in [6.07, 6.45) is 6.55. The summed E-state index contributed by atoms with van der Waals surface area (Å²) in [4.78, 5) is 9.02. The molecule has 1 aliphatic carbocycles. The average Bonchev–Trinajstić information content (AvgIpc) is 3.04. The van der Waals surface area contributed by atoms with Gasteiger partial charge < -0.3 is 10.2 Å². The van der Waals surface area contributed by atoms with Crippen LogP contribution in [0.5, 0.6) is 0 Å². The second-order valence-electron chi connectivity index (χ2n) is 6.26. The highest BCUT2D eigenvalue weighted by molar-refractivity contribution is 7.15. The Morgan fingerprint density at radius 2 is 2.15 bits per heavy atom. The Hall–Kier alpha value is -0.610. The van der Waals surface area contributed by atoms with Crippen LogP contribution in [0.15, 0.2) is 0 Å². The molecule has 3 rings (SSSR count). The molecule has 0 amide bonds. The van der Waals surface area contributed by atoms with Crippen LogP contribution in [0.4, 0.5) is 5.13 Å². The smallest absolute Gasteiger partial charge is 0.185 e. The van der Waals surface area contributed by atoms with Crippen molar-refractivity contribution in [2.45, 2.75) is 58.4 Å². The third-order valence-corrected chi connectivity index (χ3v) is 5.66. The molecule has 1 N–H and O–H groups in total. The number of anilines is 1. The lowest BCUT2D eigenvalue weighted by atomic mass is 10.1. The van der Waals surface area contributed by atoms with Crippen LogP contribution in [0.3, 0.4) is 0 Å². The maximum atomic E-state index is 5.01. The number of aromatic nitrogens is 1. The van der Waals surface area contributed by atoms with E-state index in [0.29, 0.717) is 0 Å². The van der Waals surface area contributed by atoms with Gasteiger partial charge in [0.1, 0.15) is 0 Å². The fourth-order valence-corrected chi connectivity index (χ4v) is 4.16. The Balaban J connectivity index is 1.70. The minimum Gasteiger partial charge on any atom is -0.348 e. The molecule has 112 valence electrons. The van der Waals surface area contributed by atoms with E-state index in [1.54, 1.807) is 0 Å². The van der Waals surface area contributed by atoms with E-state index >= 15 is 0 Å². The number of hydrogen-bond donors (Lipinski definition) is 1. The summed E-state index contributed by atoms with van der Waals surface area (Å²) in [6, 6.07) is 0. The topological polar surface area (TPSA) is 28.2 Å². The van der Waals surface area contributed by atoms with Crippen LogP contribution in [-0.2, 0) is 6.54 Å². The summed E-state index contributed by atoms with van der Waals surface area (Å²) in [5, 5.41) is 4.84. The molecule has 1 atom stereocenters. The molecule has 2 heterocycles. The summed E-state index contributed by atoms with van der Waals surface area (Å²) in [5.41, 5.74) is 1.41. The van der Waals surface area contributed by atoms with Crippen molar-refractivity contribution < 1.29 is 0 Å². The largest absolute Gasteiger partial charge is 0.348 e. The Kier molecular flexibility index (Phi) is 4.61. The van der Waals surface area contributed by atoms with E-state index < -0.39 is 0 Å². The second kappa shape index (κ2) is 6.44. The van der Waals surface area contributed by atoms with Crippen LogP contribution in [0.25, 0.3) is 0 Å². The van der Waals surface area contributed by atoms with Gasteiger partial charge in [-0.3, -0.25) is 0 Å². The van der Waals surface area contributed by atoms with Gasteiger partial charge in [-0.15, -0.1) is 11.3 Å². The van der Waals surface area contributed by atoms with E-state index in [2.05, 4.69) is 24.1 Å². The standard InChI is InChI=1S/C16H27N3S/c1-3-8-17-10-14-15(13-5-6-13)18-16(20-14)19-9-7-12(4-2)11-19/h12-13,17H,3-11H2,1-2H3. The number of rotatable bonds is 7. The fourth-order valence-electron chi connectivity index (χ4n) is 3.01. The molecule has 1 aromatic rings. The van der Waals surface area contributed by atoms with Gasteiger partial charge >= 0.3 is 0 Å². The predicted octanol–water partition coefficient (Wildman–Crippen LogP) is 3.76. The van der Waals surface area contributed by atoms with Crippen molar-refractivity contribution in [1.82, 2.24) is 10.3 Å². The van der Waals surface area contributed by atoms with Crippen molar-refractivity contribution in [2.75, 3.05) is 24.5 Å². The third-order valence-electron chi connectivity index (χ3n) is 4.53. The van der Waals surface area contributed by atoms with Gasteiger partial charge in [0.25, 0.3) is 0 Å². The molecule has 1 saturated heterocycles. The van der Waals surface area contributed by atoms with Crippen LogP contribution in [0, 0.1) is 5.92 Å². The summed E-state index contributed by atoms with van der Waals surface area (Å²) in [7, 11) is 0. The van der Waals surface area contributed by atoms with Gasteiger partial charge in [0.2, 0.25) is 0 Å². The van der Waals surface area contributed by atoms with E-state index in [1.165, 1.54) is 60.9 Å². The SMILES string of the molecule is CCCNCc1sc(N2CCC(CC)C2)nc1C1CC1. The number of hydrogen-bond acceptors (Lipinski definition) is 4. The predicted molar refractivity (Wildman–Crippen MR) is 86.7 cm³/mol. The van der Waals surface area contributed by atoms with E-state index in [-0.39, 0.29) is 0 Å². The normalized spacial score (nSPS) is 22.7. The molecule has 0 bridgehead atoms. The molecule has 1 saturated carbocycles.